The molecule has 0 saturated carbocycles. The Morgan fingerprint density at radius 1 is 1.19 bits per heavy atom. The van der Waals surface area contributed by atoms with Crippen LogP contribution in [0.4, 0.5) is 5.69 Å². The zero-order valence-corrected chi connectivity index (χ0v) is 17.9. The smallest absolute Gasteiger partial charge is 0.267 e. The molecule has 1 unspecified atom stereocenters. The number of carbonyl (C=O) groups excluding carboxylic acids is 1. The molecular weight excluding hydrogens is 416 g/mol. The normalized spacial score (nSPS) is 15.7. The van der Waals surface area contributed by atoms with Gasteiger partial charge in [0, 0.05) is 35.8 Å². The quantitative estimate of drug-likeness (QED) is 0.640. The number of aromatic nitrogens is 2. The highest BCUT2D eigenvalue weighted by Crippen LogP contribution is 2.33. The third-order valence-electron chi connectivity index (χ3n) is 5.26. The fourth-order valence-electron chi connectivity index (χ4n) is 3.74. The third-order valence-corrected chi connectivity index (χ3v) is 5.50. The first-order chi connectivity index (χ1) is 15.0. The summed E-state index contributed by atoms with van der Waals surface area (Å²) in [6, 6.07) is 18.1. The van der Waals surface area contributed by atoms with Crippen LogP contribution in [0.2, 0.25) is 5.02 Å². The summed E-state index contributed by atoms with van der Waals surface area (Å²) in [4.78, 5) is 26.9. The molecule has 1 amide bonds. The van der Waals surface area contributed by atoms with E-state index in [1.54, 1.807) is 19.2 Å². The first kappa shape index (κ1) is 20.9. The monoisotopic (exact) mass is 438 g/mol. The second-order valence-electron chi connectivity index (χ2n) is 7.40. The number of benzene rings is 2. The van der Waals surface area contributed by atoms with Crippen molar-refractivity contribution in [2.45, 2.75) is 19.0 Å². The number of nitrogens with zero attached hydrogens (tertiary/aromatic N) is 3. The van der Waals surface area contributed by atoms with Gasteiger partial charge in [-0.1, -0.05) is 41.9 Å². The van der Waals surface area contributed by atoms with Crippen LogP contribution in [0.25, 0.3) is 11.3 Å². The van der Waals surface area contributed by atoms with Crippen molar-refractivity contribution in [1.82, 2.24) is 15.1 Å². The number of rotatable bonds is 6. The van der Waals surface area contributed by atoms with E-state index in [9.17, 15) is 9.59 Å². The lowest BCUT2D eigenvalue weighted by molar-refractivity contribution is -0.122. The number of carbonyl (C=O) groups is 1. The summed E-state index contributed by atoms with van der Waals surface area (Å²) in [5, 5.41) is 8.00. The van der Waals surface area contributed by atoms with E-state index in [-0.39, 0.29) is 24.1 Å². The summed E-state index contributed by atoms with van der Waals surface area (Å²) < 4.78 is 6.63. The van der Waals surface area contributed by atoms with Crippen molar-refractivity contribution in [1.29, 1.82) is 0 Å². The van der Waals surface area contributed by atoms with Gasteiger partial charge in [-0.05, 0) is 30.7 Å². The Kier molecular flexibility index (Phi) is 6.23. The van der Waals surface area contributed by atoms with Crippen LogP contribution in [0.3, 0.4) is 0 Å². The Balaban J connectivity index is 1.41. The minimum absolute atomic E-state index is 0.0378. The van der Waals surface area contributed by atoms with E-state index in [4.69, 9.17) is 16.3 Å². The molecule has 1 aliphatic heterocycles. The Morgan fingerprint density at radius 2 is 2.00 bits per heavy atom. The average Bonchev–Trinajstić information content (AvgIpc) is 3.24. The van der Waals surface area contributed by atoms with Crippen LogP contribution in [-0.4, -0.2) is 41.9 Å². The highest BCUT2D eigenvalue weighted by molar-refractivity contribution is 6.30. The largest absolute Gasteiger partial charge is 0.495 e. The molecule has 8 heteroatoms. The summed E-state index contributed by atoms with van der Waals surface area (Å²) in [6.45, 7) is 1.27. The van der Waals surface area contributed by atoms with Gasteiger partial charge in [-0.3, -0.25) is 9.59 Å². The van der Waals surface area contributed by atoms with Crippen molar-refractivity contribution in [2.24, 2.45) is 0 Å². The summed E-state index contributed by atoms with van der Waals surface area (Å²) in [5.74, 6) is 0.495. The van der Waals surface area contributed by atoms with Gasteiger partial charge in [0.1, 0.15) is 12.3 Å². The number of hydrogen-bond acceptors (Lipinski definition) is 5. The number of halogens is 1. The molecule has 0 radical (unpaired) electrons. The van der Waals surface area contributed by atoms with Gasteiger partial charge < -0.3 is 15.0 Å². The molecule has 31 heavy (non-hydrogen) atoms. The second kappa shape index (κ2) is 9.22. The Labute approximate surface area is 185 Å². The van der Waals surface area contributed by atoms with Gasteiger partial charge in [0.15, 0.2) is 0 Å². The first-order valence-corrected chi connectivity index (χ1v) is 10.4. The molecule has 1 aromatic heterocycles. The van der Waals surface area contributed by atoms with Crippen molar-refractivity contribution >= 4 is 23.2 Å². The van der Waals surface area contributed by atoms with Gasteiger partial charge in [-0.15, -0.1) is 0 Å². The molecule has 0 aliphatic carbocycles. The molecule has 3 aromatic rings. The van der Waals surface area contributed by atoms with Crippen LogP contribution >= 0.6 is 11.6 Å². The molecule has 4 rings (SSSR count). The Bertz CT molecular complexity index is 1130. The van der Waals surface area contributed by atoms with Gasteiger partial charge in [-0.25, -0.2) is 4.68 Å². The highest BCUT2D eigenvalue weighted by Gasteiger charge is 2.26. The van der Waals surface area contributed by atoms with Crippen molar-refractivity contribution < 1.29 is 9.53 Å². The lowest BCUT2D eigenvalue weighted by Gasteiger charge is -2.21. The van der Waals surface area contributed by atoms with Crippen LogP contribution < -0.4 is 20.5 Å². The minimum atomic E-state index is -0.313. The molecule has 160 valence electrons. The predicted octanol–water partition coefficient (Wildman–Crippen LogP) is 2.97. The number of amides is 1. The zero-order chi connectivity index (χ0) is 21.8. The van der Waals surface area contributed by atoms with E-state index in [2.05, 4.69) is 15.3 Å². The molecule has 1 N–H and O–H groups in total. The van der Waals surface area contributed by atoms with E-state index in [1.807, 2.05) is 42.5 Å². The van der Waals surface area contributed by atoms with Crippen molar-refractivity contribution in [3.8, 4) is 17.0 Å². The fourth-order valence-corrected chi connectivity index (χ4v) is 3.91. The molecule has 1 saturated heterocycles. The second-order valence-corrected chi connectivity index (χ2v) is 7.83. The Morgan fingerprint density at radius 3 is 2.77 bits per heavy atom. The van der Waals surface area contributed by atoms with Crippen LogP contribution in [-0.2, 0) is 11.3 Å². The number of hydrogen-bond donors (Lipinski definition) is 1. The summed E-state index contributed by atoms with van der Waals surface area (Å²) in [7, 11) is 1.62. The number of ether oxygens (including phenoxy) is 1. The molecule has 1 aliphatic rings. The molecule has 1 atom stereocenters. The fraction of sp³-hybridized carbons (Fsp3) is 0.261. The first-order valence-electron chi connectivity index (χ1n) is 10.0. The minimum Gasteiger partial charge on any atom is -0.495 e. The van der Waals surface area contributed by atoms with Gasteiger partial charge in [0.05, 0.1) is 18.5 Å². The standard InChI is InChI=1S/C23H23ClN4O3/c1-31-21-9-7-17(24)13-20(21)27-12-11-18(14-27)25-22(29)15-28-23(30)10-8-19(26-28)16-5-3-2-4-6-16/h2-10,13,18H,11-12,14-15H2,1H3,(H,25,29). The summed E-state index contributed by atoms with van der Waals surface area (Å²) in [6.07, 6.45) is 0.786. The SMILES string of the molecule is COc1ccc(Cl)cc1N1CCC(NC(=O)Cn2nc(-c3ccccc3)ccc2=O)C1. The average molecular weight is 439 g/mol. The van der Waals surface area contributed by atoms with E-state index in [0.29, 0.717) is 17.3 Å². The van der Waals surface area contributed by atoms with Crippen molar-refractivity contribution in [3.05, 3.63) is 76.0 Å². The summed E-state index contributed by atoms with van der Waals surface area (Å²) in [5.41, 5.74) is 2.12. The van der Waals surface area contributed by atoms with Gasteiger partial charge in [-0.2, -0.15) is 5.10 Å². The van der Waals surface area contributed by atoms with E-state index in [1.165, 1.54) is 10.7 Å². The molecule has 1 fully saturated rings. The lowest BCUT2D eigenvalue weighted by atomic mass is 10.1. The van der Waals surface area contributed by atoms with Crippen LogP contribution in [0.5, 0.6) is 5.75 Å². The molecule has 0 spiro atoms. The zero-order valence-electron chi connectivity index (χ0n) is 17.1. The lowest BCUT2D eigenvalue weighted by Crippen LogP contribution is -2.41. The van der Waals surface area contributed by atoms with Gasteiger partial charge in [0.25, 0.3) is 5.56 Å². The predicted molar refractivity (Wildman–Crippen MR) is 121 cm³/mol. The van der Waals surface area contributed by atoms with Gasteiger partial charge >= 0.3 is 0 Å². The molecule has 7 nitrogen and oxygen atoms in total. The maximum Gasteiger partial charge on any atom is 0.267 e. The van der Waals surface area contributed by atoms with Crippen LogP contribution in [0, 0.1) is 0 Å². The van der Waals surface area contributed by atoms with Crippen molar-refractivity contribution in [2.75, 3.05) is 25.1 Å². The maximum atomic E-state index is 12.6. The van der Waals surface area contributed by atoms with Gasteiger partial charge in [0.2, 0.25) is 5.91 Å². The van der Waals surface area contributed by atoms with Crippen LogP contribution in [0.15, 0.2) is 65.5 Å². The highest BCUT2D eigenvalue weighted by atomic mass is 35.5. The van der Waals surface area contributed by atoms with E-state index >= 15 is 0 Å². The molecule has 2 heterocycles. The summed E-state index contributed by atoms with van der Waals surface area (Å²) >= 11 is 6.14. The van der Waals surface area contributed by atoms with Crippen molar-refractivity contribution in [3.63, 3.8) is 0 Å². The topological polar surface area (TPSA) is 76.5 Å². The number of methoxy groups -OCH3 is 1. The third kappa shape index (κ3) is 4.88. The van der Waals surface area contributed by atoms with Crippen LogP contribution in [0.1, 0.15) is 6.42 Å². The molecule has 2 aromatic carbocycles. The molecular formula is C23H23ClN4O3. The van der Waals surface area contributed by atoms with E-state index in [0.717, 1.165) is 30.0 Å². The molecule has 0 bridgehead atoms. The maximum absolute atomic E-state index is 12.6. The van der Waals surface area contributed by atoms with E-state index < -0.39 is 0 Å². The number of anilines is 1. The number of nitrogens with one attached hydrogen (secondary N) is 1. The Hall–Kier alpha value is -3.32.